The number of aryl methyl sites for hydroxylation is 1. The number of halogens is 3. The van der Waals surface area contributed by atoms with Crippen molar-refractivity contribution in [2.45, 2.75) is 25.3 Å². The van der Waals surface area contributed by atoms with Crippen molar-refractivity contribution < 1.29 is 22.8 Å². The minimum Gasteiger partial charge on any atom is -0.290 e. The molecule has 9 nitrogen and oxygen atoms in total. The molecule has 0 aliphatic rings. The van der Waals surface area contributed by atoms with Crippen molar-refractivity contribution in [3.05, 3.63) is 39.9 Å². The maximum absolute atomic E-state index is 13.3. The van der Waals surface area contributed by atoms with Gasteiger partial charge >= 0.3 is 0 Å². The van der Waals surface area contributed by atoms with E-state index in [-0.39, 0.29) is 29.0 Å². The van der Waals surface area contributed by atoms with Gasteiger partial charge in [-0.3, -0.25) is 10.7 Å². The van der Waals surface area contributed by atoms with E-state index in [1.165, 1.54) is 18.2 Å². The van der Waals surface area contributed by atoms with Gasteiger partial charge < -0.3 is 0 Å². The molecule has 0 saturated carbocycles. The zero-order valence-electron chi connectivity index (χ0n) is 14.1. The van der Waals surface area contributed by atoms with E-state index in [0.717, 1.165) is 6.92 Å². The molecule has 0 fully saturated rings. The molecule has 2 atom stereocenters. The molecule has 0 aliphatic heterocycles. The summed E-state index contributed by atoms with van der Waals surface area (Å²) in [5.74, 6) is -0.531. The minimum atomic E-state index is -3.51. The van der Waals surface area contributed by atoms with Crippen molar-refractivity contribution in [2.75, 3.05) is 6.54 Å². The predicted octanol–water partition coefficient (Wildman–Crippen LogP) is 2.83. The molecule has 0 bridgehead atoms. The molecule has 2 rings (SSSR count). The monoisotopic (exact) mass is 466 g/mol. The molecule has 0 radical (unpaired) electrons. The smallest absolute Gasteiger partial charge is 0.193 e. The molecule has 1 aromatic heterocycles. The third-order valence-electron chi connectivity index (χ3n) is 3.39. The highest BCUT2D eigenvalue weighted by molar-refractivity contribution is 9.10. The van der Waals surface area contributed by atoms with Crippen LogP contribution in [0.2, 0.25) is 0 Å². The van der Waals surface area contributed by atoms with Crippen LogP contribution in [0.4, 0.5) is 14.5 Å². The predicted molar refractivity (Wildman–Crippen MR) is 97.3 cm³/mol. The number of nitrogens with one attached hydrogen (secondary N) is 3. The number of rotatable bonds is 8. The highest BCUT2D eigenvalue weighted by Crippen LogP contribution is 2.23. The van der Waals surface area contributed by atoms with Crippen LogP contribution >= 0.6 is 15.9 Å². The van der Waals surface area contributed by atoms with E-state index in [1.54, 1.807) is 0 Å². The number of hydrogen-bond donors (Lipinski definition) is 4. The van der Waals surface area contributed by atoms with Crippen LogP contribution in [0.3, 0.4) is 0 Å². The van der Waals surface area contributed by atoms with Crippen LogP contribution in [0.5, 0.6) is 0 Å². The van der Waals surface area contributed by atoms with Gasteiger partial charge in [0.25, 0.3) is 0 Å². The largest absolute Gasteiger partial charge is 0.290 e. The number of amidine groups is 1. The van der Waals surface area contributed by atoms with Crippen molar-refractivity contribution in [1.82, 2.24) is 20.5 Å². The summed E-state index contributed by atoms with van der Waals surface area (Å²) < 4.78 is 52.4. The van der Waals surface area contributed by atoms with Crippen LogP contribution in [0.25, 0.3) is 0 Å². The summed E-state index contributed by atoms with van der Waals surface area (Å²) in [4.78, 5) is 4.13. The third kappa shape index (κ3) is 5.76. The molecule has 0 aliphatic carbocycles. The maximum Gasteiger partial charge on any atom is 0.193 e. The fourth-order valence-electron chi connectivity index (χ4n) is 1.96. The van der Waals surface area contributed by atoms with E-state index < -0.39 is 21.2 Å². The number of hydroxylamine groups is 1. The van der Waals surface area contributed by atoms with Crippen LogP contribution < -0.4 is 10.2 Å². The number of aliphatic imine (C=N–C) groups is 1. The van der Waals surface area contributed by atoms with Gasteiger partial charge in [0.15, 0.2) is 17.0 Å². The lowest BCUT2D eigenvalue weighted by molar-refractivity contribution is 0.234. The van der Waals surface area contributed by atoms with E-state index in [9.17, 15) is 18.2 Å². The SMILES string of the molecule is CC(F)S(=N)(=O)NCCCc1nonc1C(=Nc1ccc(F)c(Br)c1)NO. The molecule has 1 heterocycles. The Balaban J connectivity index is 2.09. The number of alkyl halides is 1. The van der Waals surface area contributed by atoms with Crippen molar-refractivity contribution in [3.63, 3.8) is 0 Å². The lowest BCUT2D eigenvalue weighted by atomic mass is 10.2. The summed E-state index contributed by atoms with van der Waals surface area (Å²) in [6.07, 6.45) is 0.625. The molecule has 2 aromatic rings. The van der Waals surface area contributed by atoms with Crippen molar-refractivity contribution in [2.24, 2.45) is 4.99 Å². The van der Waals surface area contributed by atoms with Gasteiger partial charge in [-0.05, 0) is 59.1 Å². The minimum absolute atomic E-state index is 0.0700. The van der Waals surface area contributed by atoms with E-state index >= 15 is 0 Å². The standard InChI is InChI=1S/C14H17BrF2N6O3S/c1-8(16)27(18,25)19-6-2-3-12-13(23-26-22-12)14(21-24)20-9-4-5-11(17)10(15)7-9/h4-5,7-8,24H,2-3,6H2,1H3,(H,20,21)(H2,18,19,25). The second-order valence-corrected chi connectivity index (χ2v) is 8.37. The summed E-state index contributed by atoms with van der Waals surface area (Å²) in [5.41, 5.74) is 0.896. The fourth-order valence-corrected chi connectivity index (χ4v) is 3.00. The average molecular weight is 467 g/mol. The van der Waals surface area contributed by atoms with E-state index in [2.05, 4.69) is 40.6 Å². The van der Waals surface area contributed by atoms with Crippen molar-refractivity contribution in [3.8, 4) is 0 Å². The van der Waals surface area contributed by atoms with Crippen LogP contribution in [-0.2, 0) is 16.3 Å². The highest BCUT2D eigenvalue weighted by Gasteiger charge is 2.18. The van der Waals surface area contributed by atoms with Gasteiger partial charge in [-0.25, -0.2) is 32.1 Å². The molecular formula is C14H17BrF2N6O3S. The Morgan fingerprint density at radius 3 is 2.89 bits per heavy atom. The highest BCUT2D eigenvalue weighted by atomic mass is 79.9. The number of aromatic nitrogens is 2. The van der Waals surface area contributed by atoms with Crippen LogP contribution in [0.1, 0.15) is 24.7 Å². The Bertz CT molecular complexity index is 919. The number of benzene rings is 1. The van der Waals surface area contributed by atoms with E-state index in [4.69, 9.17) is 4.78 Å². The Hall–Kier alpha value is -1.96. The summed E-state index contributed by atoms with van der Waals surface area (Å²) in [6, 6.07) is 4.01. The molecule has 2 unspecified atom stereocenters. The third-order valence-corrected chi connectivity index (χ3v) is 5.55. The molecule has 0 saturated heterocycles. The maximum atomic E-state index is 13.3. The van der Waals surface area contributed by atoms with Gasteiger partial charge in [-0.2, -0.15) is 0 Å². The van der Waals surface area contributed by atoms with Crippen LogP contribution in [-0.4, -0.2) is 37.6 Å². The molecule has 27 heavy (non-hydrogen) atoms. The van der Waals surface area contributed by atoms with Crippen molar-refractivity contribution >= 4 is 37.4 Å². The number of hydrogen-bond acceptors (Lipinski definition) is 7. The molecule has 0 spiro atoms. The summed E-state index contributed by atoms with van der Waals surface area (Å²) in [7, 11) is -3.51. The van der Waals surface area contributed by atoms with Gasteiger partial charge in [0.2, 0.25) is 0 Å². The lowest BCUT2D eigenvalue weighted by Gasteiger charge is -2.09. The van der Waals surface area contributed by atoms with E-state index in [1.807, 2.05) is 5.48 Å². The summed E-state index contributed by atoms with van der Waals surface area (Å²) >= 11 is 3.04. The normalized spacial score (nSPS) is 15.4. The first-order chi connectivity index (χ1) is 12.7. The number of nitrogens with zero attached hydrogens (tertiary/aromatic N) is 3. The van der Waals surface area contributed by atoms with Gasteiger partial charge in [0.05, 0.1) is 10.2 Å². The second-order valence-electron chi connectivity index (χ2n) is 5.37. The van der Waals surface area contributed by atoms with Gasteiger partial charge in [-0.15, -0.1) is 0 Å². The Labute approximate surface area is 162 Å². The Kier molecular flexibility index (Phi) is 7.35. The summed E-state index contributed by atoms with van der Waals surface area (Å²) in [6.45, 7) is 1.15. The first-order valence-corrected chi connectivity index (χ1v) is 10.1. The topological polar surface area (TPSA) is 136 Å². The first kappa shape index (κ1) is 21.3. The first-order valence-electron chi connectivity index (χ1n) is 7.66. The molecule has 0 amide bonds. The van der Waals surface area contributed by atoms with Gasteiger partial charge in [0.1, 0.15) is 21.4 Å². The quantitative estimate of drug-likeness (QED) is 0.204. The van der Waals surface area contributed by atoms with Gasteiger partial charge in [0, 0.05) is 6.54 Å². The van der Waals surface area contributed by atoms with Crippen LogP contribution in [0.15, 0.2) is 32.3 Å². The van der Waals surface area contributed by atoms with Crippen LogP contribution in [0, 0.1) is 10.6 Å². The molecule has 148 valence electrons. The summed E-state index contributed by atoms with van der Waals surface area (Å²) in [5, 5.41) is 16.8. The zero-order valence-corrected chi connectivity index (χ0v) is 16.5. The average Bonchev–Trinajstić information content (AvgIpc) is 3.08. The van der Waals surface area contributed by atoms with Crippen molar-refractivity contribution in [1.29, 1.82) is 4.78 Å². The molecular weight excluding hydrogens is 450 g/mol. The lowest BCUT2D eigenvalue weighted by Crippen LogP contribution is -2.30. The molecule has 4 N–H and O–H groups in total. The van der Waals surface area contributed by atoms with Gasteiger partial charge in [-0.1, -0.05) is 5.16 Å². The molecule has 1 aromatic carbocycles. The Morgan fingerprint density at radius 2 is 2.26 bits per heavy atom. The Morgan fingerprint density at radius 1 is 1.52 bits per heavy atom. The molecule has 13 heteroatoms. The zero-order chi connectivity index (χ0) is 20.0. The fraction of sp³-hybridized carbons (Fsp3) is 0.357. The van der Waals surface area contributed by atoms with E-state index in [0.29, 0.717) is 17.8 Å². The second kappa shape index (κ2) is 9.30.